The molecule has 0 spiro atoms. The highest BCUT2D eigenvalue weighted by molar-refractivity contribution is 5.80. The van der Waals surface area contributed by atoms with Crippen molar-refractivity contribution in [2.45, 2.75) is 25.8 Å². The summed E-state index contributed by atoms with van der Waals surface area (Å²) in [5.41, 5.74) is -0.705. The second-order valence-electron chi connectivity index (χ2n) is 4.88. The first kappa shape index (κ1) is 17.5. The standard InChI is InChI=1S/C16H25NO4/c1-4-17-16(2,15(18)19-3)10-11-20-12-13-21-14-8-6-5-7-9-14/h5-9,17H,4,10-13H2,1-3H3. The molecule has 1 N–H and O–H groups in total. The number of ether oxygens (including phenoxy) is 3. The monoisotopic (exact) mass is 295 g/mol. The Bertz CT molecular complexity index is 410. The van der Waals surface area contributed by atoms with Gasteiger partial charge in [-0.1, -0.05) is 25.1 Å². The third-order valence-electron chi connectivity index (χ3n) is 3.19. The summed E-state index contributed by atoms with van der Waals surface area (Å²) >= 11 is 0. The maximum Gasteiger partial charge on any atom is 0.325 e. The Kier molecular flexibility index (Phi) is 7.79. The fraction of sp³-hybridized carbons (Fsp3) is 0.562. The minimum Gasteiger partial charge on any atom is -0.491 e. The van der Waals surface area contributed by atoms with E-state index in [2.05, 4.69) is 5.32 Å². The van der Waals surface area contributed by atoms with Gasteiger partial charge in [0.25, 0.3) is 0 Å². The number of hydrogen-bond acceptors (Lipinski definition) is 5. The maximum absolute atomic E-state index is 11.8. The van der Waals surface area contributed by atoms with Crippen molar-refractivity contribution in [1.29, 1.82) is 0 Å². The van der Waals surface area contributed by atoms with Gasteiger partial charge < -0.3 is 19.5 Å². The highest BCUT2D eigenvalue weighted by Crippen LogP contribution is 2.12. The van der Waals surface area contributed by atoms with Crippen molar-refractivity contribution in [2.24, 2.45) is 0 Å². The molecular formula is C16H25NO4. The number of methoxy groups -OCH3 is 1. The van der Waals surface area contributed by atoms with E-state index in [1.165, 1.54) is 7.11 Å². The minimum atomic E-state index is -0.705. The van der Waals surface area contributed by atoms with Crippen LogP contribution in [0.25, 0.3) is 0 Å². The van der Waals surface area contributed by atoms with Gasteiger partial charge in [-0.15, -0.1) is 0 Å². The first-order valence-corrected chi connectivity index (χ1v) is 7.21. The quantitative estimate of drug-likeness (QED) is 0.528. The van der Waals surface area contributed by atoms with Crippen LogP contribution in [-0.4, -0.2) is 45.0 Å². The second kappa shape index (κ2) is 9.37. The lowest BCUT2D eigenvalue weighted by Crippen LogP contribution is -2.50. The molecule has 0 aromatic heterocycles. The van der Waals surface area contributed by atoms with Crippen LogP contribution < -0.4 is 10.1 Å². The van der Waals surface area contributed by atoms with Gasteiger partial charge in [-0.05, 0) is 32.0 Å². The second-order valence-corrected chi connectivity index (χ2v) is 4.88. The highest BCUT2D eigenvalue weighted by atomic mass is 16.5. The molecule has 0 saturated carbocycles. The van der Waals surface area contributed by atoms with Crippen LogP contribution in [-0.2, 0) is 14.3 Å². The summed E-state index contributed by atoms with van der Waals surface area (Å²) in [5, 5.41) is 3.14. The fourth-order valence-electron chi connectivity index (χ4n) is 1.99. The Morgan fingerprint density at radius 2 is 1.90 bits per heavy atom. The number of rotatable bonds is 10. The number of nitrogens with one attached hydrogen (secondary N) is 1. The van der Waals surface area contributed by atoms with Crippen LogP contribution in [0.5, 0.6) is 5.75 Å². The Balaban J connectivity index is 2.21. The zero-order chi connectivity index (χ0) is 15.6. The molecule has 1 rings (SSSR count). The summed E-state index contributed by atoms with van der Waals surface area (Å²) in [6.45, 7) is 5.92. The summed E-state index contributed by atoms with van der Waals surface area (Å²) in [6.07, 6.45) is 0.554. The Morgan fingerprint density at radius 1 is 1.19 bits per heavy atom. The van der Waals surface area contributed by atoms with Crippen LogP contribution in [0, 0.1) is 0 Å². The number of carbonyl (C=O) groups excluding carboxylic acids is 1. The molecule has 118 valence electrons. The van der Waals surface area contributed by atoms with Gasteiger partial charge in [0.1, 0.15) is 17.9 Å². The summed E-state index contributed by atoms with van der Waals surface area (Å²) in [7, 11) is 1.40. The number of para-hydroxylation sites is 1. The number of hydrogen-bond donors (Lipinski definition) is 1. The molecule has 0 heterocycles. The normalized spacial score (nSPS) is 13.5. The number of carbonyl (C=O) groups is 1. The lowest BCUT2D eigenvalue weighted by molar-refractivity contribution is -0.148. The van der Waals surface area contributed by atoms with Crippen molar-refractivity contribution >= 4 is 5.97 Å². The zero-order valence-electron chi connectivity index (χ0n) is 13.1. The van der Waals surface area contributed by atoms with Crippen LogP contribution in [0.4, 0.5) is 0 Å². The molecule has 0 amide bonds. The average molecular weight is 295 g/mol. The SMILES string of the molecule is CCNC(C)(CCOCCOc1ccccc1)C(=O)OC. The third-order valence-corrected chi connectivity index (χ3v) is 3.19. The zero-order valence-corrected chi connectivity index (χ0v) is 13.1. The van der Waals surface area contributed by atoms with Gasteiger partial charge in [-0.3, -0.25) is 4.79 Å². The third kappa shape index (κ3) is 6.14. The summed E-state index contributed by atoms with van der Waals surface area (Å²) < 4.78 is 15.9. The molecule has 0 bridgehead atoms. The van der Waals surface area contributed by atoms with Crippen molar-refractivity contribution in [3.63, 3.8) is 0 Å². The van der Waals surface area contributed by atoms with Crippen molar-refractivity contribution in [3.8, 4) is 5.75 Å². The van der Waals surface area contributed by atoms with Crippen molar-refractivity contribution < 1.29 is 19.0 Å². The molecule has 1 atom stereocenters. The van der Waals surface area contributed by atoms with Gasteiger partial charge in [0, 0.05) is 6.61 Å². The Labute approximate surface area is 126 Å². The number of benzene rings is 1. The molecule has 1 unspecified atom stereocenters. The van der Waals surface area contributed by atoms with Gasteiger partial charge in [0.15, 0.2) is 0 Å². The average Bonchev–Trinajstić information content (AvgIpc) is 2.51. The molecule has 5 heteroatoms. The van der Waals surface area contributed by atoms with E-state index in [-0.39, 0.29) is 5.97 Å². The van der Waals surface area contributed by atoms with Crippen LogP contribution in [0.15, 0.2) is 30.3 Å². The topological polar surface area (TPSA) is 56.8 Å². The molecule has 1 aromatic rings. The van der Waals surface area contributed by atoms with E-state index in [9.17, 15) is 4.79 Å². The van der Waals surface area contributed by atoms with Gasteiger partial charge in [-0.25, -0.2) is 0 Å². The summed E-state index contributed by atoms with van der Waals surface area (Å²) in [4.78, 5) is 11.8. The number of likely N-dealkylation sites (N-methyl/N-ethyl adjacent to an activating group) is 1. The van der Waals surface area contributed by atoms with Gasteiger partial charge in [0.2, 0.25) is 0 Å². The van der Waals surface area contributed by atoms with Crippen LogP contribution >= 0.6 is 0 Å². The van der Waals surface area contributed by atoms with Crippen molar-refractivity contribution in [3.05, 3.63) is 30.3 Å². The van der Waals surface area contributed by atoms with Crippen LogP contribution in [0.1, 0.15) is 20.3 Å². The predicted octanol–water partition coefficient (Wildman–Crippen LogP) is 2.01. The first-order chi connectivity index (χ1) is 10.1. The Morgan fingerprint density at radius 3 is 2.52 bits per heavy atom. The van der Waals surface area contributed by atoms with E-state index in [1.54, 1.807) is 0 Å². The predicted molar refractivity (Wildman–Crippen MR) is 81.5 cm³/mol. The van der Waals surface area contributed by atoms with Crippen molar-refractivity contribution in [2.75, 3.05) is 33.5 Å². The minimum absolute atomic E-state index is 0.270. The fourth-order valence-corrected chi connectivity index (χ4v) is 1.99. The van der Waals surface area contributed by atoms with E-state index in [4.69, 9.17) is 14.2 Å². The Hall–Kier alpha value is -1.59. The van der Waals surface area contributed by atoms with Gasteiger partial charge in [0.05, 0.1) is 13.7 Å². The molecule has 1 aromatic carbocycles. The highest BCUT2D eigenvalue weighted by Gasteiger charge is 2.32. The molecule has 0 aliphatic carbocycles. The van der Waals surface area contributed by atoms with E-state index in [1.807, 2.05) is 44.2 Å². The molecule has 5 nitrogen and oxygen atoms in total. The largest absolute Gasteiger partial charge is 0.491 e. The smallest absolute Gasteiger partial charge is 0.325 e. The maximum atomic E-state index is 11.8. The van der Waals surface area contributed by atoms with Crippen LogP contribution in [0.2, 0.25) is 0 Å². The van der Waals surface area contributed by atoms with Gasteiger partial charge >= 0.3 is 5.97 Å². The van der Waals surface area contributed by atoms with Crippen LogP contribution in [0.3, 0.4) is 0 Å². The van der Waals surface area contributed by atoms with Crippen molar-refractivity contribution in [1.82, 2.24) is 5.32 Å². The lowest BCUT2D eigenvalue weighted by Gasteiger charge is -2.27. The van der Waals surface area contributed by atoms with E-state index in [0.717, 1.165) is 5.75 Å². The number of esters is 1. The molecule has 21 heavy (non-hydrogen) atoms. The molecule has 0 saturated heterocycles. The van der Waals surface area contributed by atoms with E-state index >= 15 is 0 Å². The lowest BCUT2D eigenvalue weighted by atomic mass is 9.98. The summed E-state index contributed by atoms with van der Waals surface area (Å²) in [5.74, 6) is 0.557. The molecule has 0 aliphatic rings. The molecule has 0 fully saturated rings. The molecule has 0 aliphatic heterocycles. The summed E-state index contributed by atoms with van der Waals surface area (Å²) in [6, 6.07) is 9.60. The van der Waals surface area contributed by atoms with E-state index < -0.39 is 5.54 Å². The first-order valence-electron chi connectivity index (χ1n) is 7.21. The van der Waals surface area contributed by atoms with Gasteiger partial charge in [-0.2, -0.15) is 0 Å². The molecular weight excluding hydrogens is 270 g/mol. The molecule has 0 radical (unpaired) electrons. The van der Waals surface area contributed by atoms with E-state index in [0.29, 0.717) is 32.8 Å².